The van der Waals surface area contributed by atoms with E-state index in [-0.39, 0.29) is 26.2 Å². The molecule has 0 unspecified atom stereocenters. The average molecular weight is 422 g/mol. The Labute approximate surface area is 166 Å². The summed E-state index contributed by atoms with van der Waals surface area (Å²) in [6, 6.07) is 17.5. The van der Waals surface area contributed by atoms with Gasteiger partial charge in [-0.1, -0.05) is 59.6 Å². The number of rotatable bonds is 5. The molecule has 0 aliphatic rings. The lowest BCUT2D eigenvalue weighted by Crippen LogP contribution is -2.15. The van der Waals surface area contributed by atoms with Gasteiger partial charge in [-0.25, -0.2) is 13.2 Å². The first-order valence-corrected chi connectivity index (χ1v) is 9.92. The molecular weight excluding hydrogens is 409 g/mol. The molecular formula is C19H13Cl2NO4S. The van der Waals surface area contributed by atoms with Crippen LogP contribution in [0.1, 0.15) is 10.4 Å². The minimum absolute atomic E-state index is 0.0464. The highest BCUT2D eigenvalue weighted by Gasteiger charge is 2.20. The van der Waals surface area contributed by atoms with Crippen LogP contribution in [0.25, 0.3) is 11.1 Å². The largest absolute Gasteiger partial charge is 0.478 e. The van der Waals surface area contributed by atoms with E-state index >= 15 is 0 Å². The van der Waals surface area contributed by atoms with E-state index in [1.807, 2.05) is 30.3 Å². The number of carbonyl (C=O) groups is 1. The molecule has 0 amide bonds. The molecule has 0 spiro atoms. The van der Waals surface area contributed by atoms with E-state index in [2.05, 4.69) is 4.72 Å². The maximum Gasteiger partial charge on any atom is 0.337 e. The van der Waals surface area contributed by atoms with E-state index in [1.165, 1.54) is 30.3 Å². The van der Waals surface area contributed by atoms with Crippen LogP contribution in [0.4, 0.5) is 5.69 Å². The average Bonchev–Trinajstić information content (AvgIpc) is 2.64. The van der Waals surface area contributed by atoms with Crippen LogP contribution in [0.15, 0.2) is 71.6 Å². The standard InChI is InChI=1S/C19H13Cl2NO4S/c20-16-9-7-14(11-17(16)21)27(25,26)22-18-10-13(6-8-15(18)19(23)24)12-4-2-1-3-5-12/h1-11,22H,(H,23,24). The number of hydrogen-bond donors (Lipinski definition) is 2. The van der Waals surface area contributed by atoms with Crippen molar-refractivity contribution in [3.05, 3.63) is 82.3 Å². The summed E-state index contributed by atoms with van der Waals surface area (Å²) in [5.41, 5.74) is 1.28. The molecule has 0 saturated carbocycles. The summed E-state index contributed by atoms with van der Waals surface area (Å²) in [7, 11) is -4.06. The maximum atomic E-state index is 12.7. The predicted octanol–water partition coefficient (Wildman–Crippen LogP) is 5.16. The zero-order valence-corrected chi connectivity index (χ0v) is 16.0. The van der Waals surface area contributed by atoms with Crippen LogP contribution in [-0.4, -0.2) is 19.5 Å². The first-order chi connectivity index (χ1) is 12.8. The van der Waals surface area contributed by atoms with Gasteiger partial charge in [0.05, 0.1) is 26.2 Å². The fourth-order valence-electron chi connectivity index (χ4n) is 2.47. The third kappa shape index (κ3) is 4.24. The minimum atomic E-state index is -4.06. The Morgan fingerprint density at radius 2 is 1.56 bits per heavy atom. The Morgan fingerprint density at radius 3 is 2.19 bits per heavy atom. The number of nitrogens with one attached hydrogen (secondary N) is 1. The fourth-order valence-corrected chi connectivity index (χ4v) is 3.93. The highest BCUT2D eigenvalue weighted by atomic mass is 35.5. The number of benzene rings is 3. The monoisotopic (exact) mass is 421 g/mol. The predicted molar refractivity (Wildman–Crippen MR) is 106 cm³/mol. The third-order valence-corrected chi connectivity index (χ3v) is 5.90. The van der Waals surface area contributed by atoms with Gasteiger partial charge in [-0.05, 0) is 41.5 Å². The van der Waals surface area contributed by atoms with E-state index in [9.17, 15) is 18.3 Å². The van der Waals surface area contributed by atoms with Gasteiger partial charge in [0.15, 0.2) is 0 Å². The first kappa shape index (κ1) is 19.2. The molecule has 138 valence electrons. The summed E-state index contributed by atoms with van der Waals surface area (Å²) >= 11 is 11.7. The number of hydrogen-bond acceptors (Lipinski definition) is 3. The van der Waals surface area contributed by atoms with Gasteiger partial charge in [-0.15, -0.1) is 0 Å². The topological polar surface area (TPSA) is 83.5 Å². The molecule has 0 aromatic heterocycles. The molecule has 0 heterocycles. The molecule has 3 rings (SSSR count). The van der Waals surface area contributed by atoms with Crippen molar-refractivity contribution < 1.29 is 18.3 Å². The van der Waals surface area contributed by atoms with Gasteiger partial charge < -0.3 is 5.11 Å². The summed E-state index contributed by atoms with van der Waals surface area (Å²) in [5, 5.41) is 9.70. The van der Waals surface area contributed by atoms with Crippen molar-refractivity contribution in [1.82, 2.24) is 0 Å². The maximum absolute atomic E-state index is 12.7. The number of anilines is 1. The Bertz CT molecular complexity index is 1120. The number of sulfonamides is 1. The molecule has 5 nitrogen and oxygen atoms in total. The Balaban J connectivity index is 2.06. The van der Waals surface area contributed by atoms with Crippen molar-refractivity contribution in [2.24, 2.45) is 0 Å². The fraction of sp³-hybridized carbons (Fsp3) is 0. The zero-order valence-electron chi connectivity index (χ0n) is 13.7. The molecule has 8 heteroatoms. The molecule has 0 fully saturated rings. The molecule has 27 heavy (non-hydrogen) atoms. The Morgan fingerprint density at radius 1 is 0.852 bits per heavy atom. The minimum Gasteiger partial charge on any atom is -0.478 e. The van der Waals surface area contributed by atoms with E-state index in [1.54, 1.807) is 6.07 Å². The zero-order chi connectivity index (χ0) is 19.6. The summed E-state index contributed by atoms with van der Waals surface area (Å²) in [6.07, 6.45) is 0. The van der Waals surface area contributed by atoms with E-state index < -0.39 is 16.0 Å². The van der Waals surface area contributed by atoms with Gasteiger partial charge >= 0.3 is 5.97 Å². The van der Waals surface area contributed by atoms with Crippen LogP contribution in [0.5, 0.6) is 0 Å². The van der Waals surface area contributed by atoms with Crippen LogP contribution in [0.3, 0.4) is 0 Å². The molecule has 0 bridgehead atoms. The van der Waals surface area contributed by atoms with Gasteiger partial charge in [-0.3, -0.25) is 4.72 Å². The second-order valence-electron chi connectivity index (χ2n) is 5.61. The number of halogens is 2. The summed E-state index contributed by atoms with van der Waals surface area (Å²) in [6.45, 7) is 0. The van der Waals surface area contributed by atoms with Crippen molar-refractivity contribution in [1.29, 1.82) is 0 Å². The first-order valence-electron chi connectivity index (χ1n) is 7.68. The highest BCUT2D eigenvalue weighted by Crippen LogP contribution is 2.29. The summed E-state index contributed by atoms with van der Waals surface area (Å²) in [4.78, 5) is 11.4. The van der Waals surface area contributed by atoms with Crippen LogP contribution < -0.4 is 4.72 Å². The normalized spacial score (nSPS) is 11.2. The summed E-state index contributed by atoms with van der Waals surface area (Å²) in [5.74, 6) is -1.25. The summed E-state index contributed by atoms with van der Waals surface area (Å²) < 4.78 is 27.7. The van der Waals surface area contributed by atoms with Gasteiger partial charge in [0, 0.05) is 0 Å². The molecule has 0 saturated heterocycles. The lowest BCUT2D eigenvalue weighted by Gasteiger charge is -2.13. The van der Waals surface area contributed by atoms with Crippen LogP contribution in [0.2, 0.25) is 10.0 Å². The van der Waals surface area contributed by atoms with Gasteiger partial charge in [0.2, 0.25) is 0 Å². The van der Waals surface area contributed by atoms with Crippen molar-refractivity contribution in [3.63, 3.8) is 0 Å². The van der Waals surface area contributed by atoms with E-state index in [4.69, 9.17) is 23.2 Å². The Hall–Kier alpha value is -2.54. The molecule has 3 aromatic carbocycles. The lowest BCUT2D eigenvalue weighted by molar-refractivity contribution is 0.0698. The second kappa shape index (κ2) is 7.60. The number of carboxylic acids is 1. The SMILES string of the molecule is O=C(O)c1ccc(-c2ccccc2)cc1NS(=O)(=O)c1ccc(Cl)c(Cl)c1. The van der Waals surface area contributed by atoms with Crippen molar-refractivity contribution >= 4 is 44.9 Å². The van der Waals surface area contributed by atoms with Crippen LogP contribution >= 0.6 is 23.2 Å². The van der Waals surface area contributed by atoms with Crippen LogP contribution in [0, 0.1) is 0 Å². The molecule has 0 aliphatic carbocycles. The smallest absolute Gasteiger partial charge is 0.337 e. The molecule has 0 aliphatic heterocycles. The molecule has 0 radical (unpaired) electrons. The quantitative estimate of drug-likeness (QED) is 0.595. The van der Waals surface area contributed by atoms with Gasteiger partial charge in [0.1, 0.15) is 0 Å². The second-order valence-corrected chi connectivity index (χ2v) is 8.11. The van der Waals surface area contributed by atoms with Gasteiger partial charge in [-0.2, -0.15) is 0 Å². The molecule has 2 N–H and O–H groups in total. The Kier molecular flexibility index (Phi) is 5.41. The van der Waals surface area contributed by atoms with Crippen LogP contribution in [-0.2, 0) is 10.0 Å². The van der Waals surface area contributed by atoms with Crippen molar-refractivity contribution in [2.75, 3.05) is 4.72 Å². The third-order valence-electron chi connectivity index (χ3n) is 3.80. The lowest BCUT2D eigenvalue weighted by atomic mass is 10.0. The number of carboxylic acid groups (broad SMARTS) is 1. The van der Waals surface area contributed by atoms with Crippen molar-refractivity contribution in [2.45, 2.75) is 4.90 Å². The molecule has 3 aromatic rings. The van der Waals surface area contributed by atoms with E-state index in [0.717, 1.165) is 5.56 Å². The van der Waals surface area contributed by atoms with Gasteiger partial charge in [0.25, 0.3) is 10.0 Å². The van der Waals surface area contributed by atoms with E-state index in [0.29, 0.717) is 5.56 Å². The number of aromatic carboxylic acids is 1. The highest BCUT2D eigenvalue weighted by molar-refractivity contribution is 7.92. The van der Waals surface area contributed by atoms with Crippen molar-refractivity contribution in [3.8, 4) is 11.1 Å². The molecule has 0 atom stereocenters.